The van der Waals surface area contributed by atoms with Gasteiger partial charge in [-0.25, -0.2) is 10.0 Å². The molecule has 0 aromatic carbocycles. The molecular formula is C11H26N2. The van der Waals surface area contributed by atoms with E-state index in [1.165, 1.54) is 38.9 Å². The second-order valence-electron chi connectivity index (χ2n) is 3.50. The van der Waals surface area contributed by atoms with E-state index in [0.29, 0.717) is 0 Å². The van der Waals surface area contributed by atoms with Gasteiger partial charge in [0.15, 0.2) is 0 Å². The monoisotopic (exact) mass is 186 g/mol. The van der Waals surface area contributed by atoms with Gasteiger partial charge in [-0.05, 0) is 19.3 Å². The van der Waals surface area contributed by atoms with E-state index in [0.717, 1.165) is 6.54 Å². The van der Waals surface area contributed by atoms with Crippen LogP contribution in [0.15, 0.2) is 0 Å². The van der Waals surface area contributed by atoms with Gasteiger partial charge in [-0.2, -0.15) is 0 Å². The Bertz CT molecular complexity index is 98.3. The summed E-state index contributed by atoms with van der Waals surface area (Å²) in [5.74, 6) is 0. The van der Waals surface area contributed by atoms with Crippen molar-refractivity contribution in [2.45, 2.75) is 47.0 Å². The summed E-state index contributed by atoms with van der Waals surface area (Å²) in [5.41, 5.74) is 0. The molecule has 80 valence electrons. The fourth-order valence-electron chi connectivity index (χ4n) is 1.67. The Labute approximate surface area is 83.9 Å². The Hall–Kier alpha value is -0.0800. The summed E-state index contributed by atoms with van der Waals surface area (Å²) < 4.78 is 0. The second kappa shape index (κ2) is 8.52. The summed E-state index contributed by atoms with van der Waals surface area (Å²) in [4.78, 5) is 0. The van der Waals surface area contributed by atoms with Crippen molar-refractivity contribution in [3.05, 3.63) is 0 Å². The molecule has 2 nitrogen and oxygen atoms in total. The highest BCUT2D eigenvalue weighted by molar-refractivity contribution is 4.55. The summed E-state index contributed by atoms with van der Waals surface area (Å²) in [5, 5.41) is 4.98. The van der Waals surface area contributed by atoms with Gasteiger partial charge in [-0.3, -0.25) is 0 Å². The van der Waals surface area contributed by atoms with Gasteiger partial charge in [0, 0.05) is 26.2 Å². The Balaban J connectivity index is 3.94. The van der Waals surface area contributed by atoms with Gasteiger partial charge in [0.25, 0.3) is 0 Å². The molecule has 0 bridgehead atoms. The maximum Gasteiger partial charge on any atom is 0.0130 e. The molecule has 0 aromatic rings. The molecule has 0 aliphatic heterocycles. The first-order valence-electron chi connectivity index (χ1n) is 5.79. The van der Waals surface area contributed by atoms with E-state index in [1.807, 2.05) is 0 Å². The summed E-state index contributed by atoms with van der Waals surface area (Å²) in [6, 6.07) is 0. The molecule has 0 fully saturated rings. The van der Waals surface area contributed by atoms with Crippen molar-refractivity contribution in [1.29, 1.82) is 0 Å². The van der Waals surface area contributed by atoms with Gasteiger partial charge in [0.05, 0.1) is 0 Å². The molecule has 0 saturated carbocycles. The van der Waals surface area contributed by atoms with Gasteiger partial charge in [-0.1, -0.05) is 27.7 Å². The normalized spacial score (nSPS) is 11.5. The van der Waals surface area contributed by atoms with Crippen LogP contribution < -0.4 is 0 Å². The molecular weight excluding hydrogens is 160 g/mol. The van der Waals surface area contributed by atoms with Gasteiger partial charge in [0.1, 0.15) is 0 Å². The van der Waals surface area contributed by atoms with Crippen LogP contribution in [0.2, 0.25) is 0 Å². The summed E-state index contributed by atoms with van der Waals surface area (Å²) in [6.45, 7) is 13.8. The Morgan fingerprint density at radius 2 is 1.00 bits per heavy atom. The number of hydrazine groups is 1. The first kappa shape index (κ1) is 12.9. The van der Waals surface area contributed by atoms with Crippen LogP contribution in [0, 0.1) is 0 Å². The lowest BCUT2D eigenvalue weighted by molar-refractivity contribution is -0.0208. The number of hydrogen-bond donors (Lipinski definition) is 0. The lowest BCUT2D eigenvalue weighted by atomic mass is 10.4. The van der Waals surface area contributed by atoms with Gasteiger partial charge >= 0.3 is 0 Å². The minimum absolute atomic E-state index is 1.15. The Morgan fingerprint density at radius 3 is 1.31 bits per heavy atom. The zero-order valence-corrected chi connectivity index (χ0v) is 9.84. The standard InChI is InChI=1S/C11H26N2/c1-5-9-12(8-4)13(10-6-2)11-7-3/h5-11H2,1-4H3. The van der Waals surface area contributed by atoms with Crippen LogP contribution in [0.4, 0.5) is 0 Å². The van der Waals surface area contributed by atoms with Crippen molar-refractivity contribution < 1.29 is 0 Å². The molecule has 0 aromatic heterocycles. The summed E-state index contributed by atoms with van der Waals surface area (Å²) in [6.07, 6.45) is 3.75. The van der Waals surface area contributed by atoms with Crippen LogP contribution in [0.3, 0.4) is 0 Å². The van der Waals surface area contributed by atoms with Gasteiger partial charge in [0.2, 0.25) is 0 Å². The third kappa shape index (κ3) is 5.27. The third-order valence-electron chi connectivity index (χ3n) is 2.21. The van der Waals surface area contributed by atoms with E-state index < -0.39 is 0 Å². The Kier molecular flexibility index (Phi) is 8.46. The van der Waals surface area contributed by atoms with Crippen molar-refractivity contribution in [2.24, 2.45) is 0 Å². The molecule has 0 atom stereocenters. The number of hydrogen-bond acceptors (Lipinski definition) is 2. The maximum atomic E-state index is 2.50. The maximum absolute atomic E-state index is 2.50. The summed E-state index contributed by atoms with van der Waals surface area (Å²) >= 11 is 0. The molecule has 0 rings (SSSR count). The smallest absolute Gasteiger partial charge is 0.0130 e. The largest absolute Gasteiger partial charge is 0.242 e. The molecule has 0 N–H and O–H groups in total. The average molecular weight is 186 g/mol. The quantitative estimate of drug-likeness (QED) is 0.538. The van der Waals surface area contributed by atoms with Crippen molar-refractivity contribution in [3.63, 3.8) is 0 Å². The van der Waals surface area contributed by atoms with Crippen LogP contribution in [0.5, 0.6) is 0 Å². The van der Waals surface area contributed by atoms with Crippen LogP contribution >= 0.6 is 0 Å². The number of nitrogens with zero attached hydrogens (tertiary/aromatic N) is 2. The van der Waals surface area contributed by atoms with Crippen LogP contribution in [0.1, 0.15) is 47.0 Å². The molecule has 0 unspecified atom stereocenters. The summed E-state index contributed by atoms with van der Waals surface area (Å²) in [7, 11) is 0. The fraction of sp³-hybridized carbons (Fsp3) is 1.00. The van der Waals surface area contributed by atoms with Gasteiger partial charge in [-0.15, -0.1) is 0 Å². The van der Waals surface area contributed by atoms with E-state index in [-0.39, 0.29) is 0 Å². The Morgan fingerprint density at radius 1 is 0.615 bits per heavy atom. The predicted octanol–water partition coefficient (Wildman–Crippen LogP) is 2.76. The average Bonchev–Trinajstić information content (AvgIpc) is 2.14. The molecule has 0 aliphatic rings. The molecule has 0 radical (unpaired) electrons. The molecule has 13 heavy (non-hydrogen) atoms. The van der Waals surface area contributed by atoms with Crippen LogP contribution in [-0.4, -0.2) is 36.2 Å². The molecule has 0 spiro atoms. The lowest BCUT2D eigenvalue weighted by Crippen LogP contribution is -2.43. The molecule has 0 aliphatic carbocycles. The first-order chi connectivity index (χ1) is 6.29. The van der Waals surface area contributed by atoms with Crippen LogP contribution in [0.25, 0.3) is 0 Å². The number of rotatable bonds is 8. The zero-order chi connectivity index (χ0) is 10.1. The first-order valence-corrected chi connectivity index (χ1v) is 5.79. The van der Waals surface area contributed by atoms with Crippen molar-refractivity contribution in [2.75, 3.05) is 26.2 Å². The minimum atomic E-state index is 1.15. The van der Waals surface area contributed by atoms with E-state index in [4.69, 9.17) is 0 Å². The lowest BCUT2D eigenvalue weighted by Gasteiger charge is -2.33. The van der Waals surface area contributed by atoms with E-state index in [2.05, 4.69) is 37.7 Å². The van der Waals surface area contributed by atoms with Crippen LogP contribution in [-0.2, 0) is 0 Å². The molecule has 0 amide bonds. The third-order valence-corrected chi connectivity index (χ3v) is 2.21. The fourth-order valence-corrected chi connectivity index (χ4v) is 1.67. The zero-order valence-electron chi connectivity index (χ0n) is 9.84. The highest BCUT2D eigenvalue weighted by Crippen LogP contribution is 2.02. The topological polar surface area (TPSA) is 6.48 Å². The van der Waals surface area contributed by atoms with Crippen molar-refractivity contribution in [3.8, 4) is 0 Å². The van der Waals surface area contributed by atoms with Crippen molar-refractivity contribution >= 4 is 0 Å². The van der Waals surface area contributed by atoms with E-state index >= 15 is 0 Å². The van der Waals surface area contributed by atoms with E-state index in [9.17, 15) is 0 Å². The highest BCUT2D eigenvalue weighted by atomic mass is 15.6. The van der Waals surface area contributed by atoms with Crippen molar-refractivity contribution in [1.82, 2.24) is 10.0 Å². The van der Waals surface area contributed by atoms with E-state index in [1.54, 1.807) is 0 Å². The second-order valence-corrected chi connectivity index (χ2v) is 3.50. The minimum Gasteiger partial charge on any atom is -0.242 e. The SMILES string of the molecule is CCCN(CC)N(CCC)CCC. The van der Waals surface area contributed by atoms with Gasteiger partial charge < -0.3 is 0 Å². The molecule has 0 saturated heterocycles. The predicted molar refractivity (Wildman–Crippen MR) is 59.7 cm³/mol. The molecule has 0 heterocycles. The molecule has 2 heteroatoms. The highest BCUT2D eigenvalue weighted by Gasteiger charge is 2.09.